The van der Waals surface area contributed by atoms with Crippen molar-refractivity contribution in [1.29, 1.82) is 0 Å². The fourth-order valence-corrected chi connectivity index (χ4v) is 11.9. The van der Waals surface area contributed by atoms with E-state index in [-0.39, 0.29) is 18.7 Å². The van der Waals surface area contributed by atoms with Crippen LogP contribution < -0.4 is 36.6 Å². The Morgan fingerprint density at radius 2 is 1.68 bits per heavy atom. The summed E-state index contributed by atoms with van der Waals surface area (Å²) in [6, 6.07) is 13.6. The summed E-state index contributed by atoms with van der Waals surface area (Å²) in [5.74, 6) is 1.03. The van der Waals surface area contributed by atoms with Gasteiger partial charge < -0.3 is 34.2 Å². The molecule has 9 rings (SSSR count). The van der Waals surface area contributed by atoms with E-state index in [1.807, 2.05) is 44.2 Å². The smallest absolute Gasteiger partial charge is 0.420 e. The highest BCUT2D eigenvalue weighted by Crippen LogP contribution is 2.42. The maximum Gasteiger partial charge on any atom is 0.420 e. The van der Waals surface area contributed by atoms with E-state index in [2.05, 4.69) is 80.6 Å². The number of nitrogens with zero attached hydrogens (tertiary/aromatic N) is 8. The van der Waals surface area contributed by atoms with Crippen LogP contribution in [-0.4, -0.2) is 118 Å². The summed E-state index contributed by atoms with van der Waals surface area (Å²) in [6.07, 6.45) is 9.33. The maximum atomic E-state index is 13.7. The van der Waals surface area contributed by atoms with Crippen LogP contribution in [0.3, 0.4) is 0 Å². The molecule has 19 heteroatoms. The van der Waals surface area contributed by atoms with Crippen LogP contribution in [-0.2, 0) is 33.4 Å². The van der Waals surface area contributed by atoms with Gasteiger partial charge in [0.1, 0.15) is 30.6 Å². The van der Waals surface area contributed by atoms with Gasteiger partial charge in [-0.25, -0.2) is 19.7 Å². The number of oxazole rings is 1. The van der Waals surface area contributed by atoms with Crippen molar-refractivity contribution in [2.24, 2.45) is 0 Å². The molecule has 3 aromatic heterocycles. The van der Waals surface area contributed by atoms with E-state index in [1.54, 1.807) is 25.7 Å². The van der Waals surface area contributed by atoms with E-state index in [0.717, 1.165) is 112 Å². The lowest BCUT2D eigenvalue weighted by atomic mass is 9.99. The number of amides is 2. The molecule has 0 spiro atoms. The summed E-state index contributed by atoms with van der Waals surface area (Å²) in [5.41, 5.74) is 6.69. The molecular weight excluding hydrogens is 961 g/mol. The molecule has 0 saturated carbocycles. The van der Waals surface area contributed by atoms with Gasteiger partial charge in [-0.05, 0) is 117 Å². The average Bonchev–Trinajstić information content (AvgIpc) is 3.68. The number of hydrogen-bond donors (Lipinski definition) is 3. The molecule has 6 aromatic rings. The summed E-state index contributed by atoms with van der Waals surface area (Å²) < 4.78 is 27.8. The molecule has 3 fully saturated rings. The zero-order valence-corrected chi connectivity index (χ0v) is 42.5. The fraction of sp³-hybridized carbons (Fsp3) is 0.460. The van der Waals surface area contributed by atoms with Crippen LogP contribution in [0.4, 0.5) is 28.8 Å². The number of piperidine rings is 2. The van der Waals surface area contributed by atoms with E-state index < -0.39 is 24.8 Å². The number of aromatic nitrogens is 5. The van der Waals surface area contributed by atoms with Crippen molar-refractivity contribution in [2.75, 3.05) is 81.3 Å². The lowest BCUT2D eigenvalue weighted by Crippen LogP contribution is -2.53. The molecule has 1 atom stereocenters. The molecule has 0 bridgehead atoms. The first-order valence-electron chi connectivity index (χ1n) is 24.2. The number of benzene rings is 3. The molecule has 3 saturated heterocycles. The predicted molar refractivity (Wildman–Crippen MR) is 275 cm³/mol. The van der Waals surface area contributed by atoms with Crippen molar-refractivity contribution < 1.29 is 23.3 Å². The Morgan fingerprint density at radius 1 is 0.884 bits per heavy atom. The Kier molecular flexibility index (Phi) is 14.5. The zero-order chi connectivity index (χ0) is 48.4. The van der Waals surface area contributed by atoms with Crippen molar-refractivity contribution in [2.45, 2.75) is 84.2 Å². The predicted octanol–water partition coefficient (Wildman–Crippen LogP) is 7.55. The van der Waals surface area contributed by atoms with E-state index >= 15 is 0 Å². The highest BCUT2D eigenvalue weighted by molar-refractivity contribution is 9.10. The van der Waals surface area contributed by atoms with Crippen LogP contribution in [0.15, 0.2) is 68.5 Å². The molecule has 17 nitrogen and oxygen atoms in total. The van der Waals surface area contributed by atoms with Gasteiger partial charge in [0.25, 0.3) is 0 Å². The number of rotatable bonds is 16. The first kappa shape index (κ1) is 48.3. The number of anilines is 5. The summed E-state index contributed by atoms with van der Waals surface area (Å²) in [7, 11) is -2.78. The molecule has 2 amide bonds. The van der Waals surface area contributed by atoms with E-state index in [1.165, 1.54) is 15.8 Å². The molecule has 3 aliphatic heterocycles. The lowest BCUT2D eigenvalue weighted by Gasteiger charge is -2.43. The minimum absolute atomic E-state index is 0.191. The fourth-order valence-electron chi connectivity index (χ4n) is 10.2. The molecule has 3 N–H and O–H groups in total. The minimum Gasteiger partial charge on any atom is -0.492 e. The third-order valence-corrected chi connectivity index (χ3v) is 15.8. The number of halogens is 1. The van der Waals surface area contributed by atoms with Gasteiger partial charge in [-0.2, -0.15) is 4.98 Å². The van der Waals surface area contributed by atoms with Gasteiger partial charge in [-0.1, -0.05) is 26.0 Å². The second-order valence-corrected chi connectivity index (χ2v) is 22.5. The summed E-state index contributed by atoms with van der Waals surface area (Å²) >= 11 is 3.63. The zero-order valence-electron chi connectivity index (χ0n) is 40.0. The Labute approximate surface area is 410 Å². The second-order valence-electron chi connectivity index (χ2n) is 18.5. The summed E-state index contributed by atoms with van der Waals surface area (Å²) in [6.45, 7) is 17.1. The normalized spacial score (nSPS) is 17.7. The molecule has 69 heavy (non-hydrogen) atoms. The quantitative estimate of drug-likeness (QED) is 0.0636. The van der Waals surface area contributed by atoms with Crippen LogP contribution in [0.2, 0.25) is 0 Å². The number of nitrogens with one attached hydrogen (secondary N) is 3. The molecule has 3 aromatic carbocycles. The lowest BCUT2D eigenvalue weighted by molar-refractivity contribution is -0.135. The van der Waals surface area contributed by atoms with Gasteiger partial charge in [0.15, 0.2) is 5.58 Å². The van der Waals surface area contributed by atoms with Gasteiger partial charge in [0, 0.05) is 93.0 Å². The number of carbonyl (C=O) groups excluding carboxylic acids is 2. The number of aryl methyl sites for hydroxylation is 3. The number of para-hydroxylation sites is 1. The van der Waals surface area contributed by atoms with Crippen LogP contribution in [0, 0.1) is 0 Å². The Balaban J connectivity index is 0.806. The number of carbonyl (C=O) groups is 2. The van der Waals surface area contributed by atoms with Gasteiger partial charge in [0.2, 0.25) is 17.8 Å². The highest BCUT2D eigenvalue weighted by Gasteiger charge is 2.33. The van der Waals surface area contributed by atoms with Crippen molar-refractivity contribution in [3.8, 4) is 5.75 Å². The van der Waals surface area contributed by atoms with Gasteiger partial charge in [-0.3, -0.25) is 24.4 Å². The number of imide groups is 1. The van der Waals surface area contributed by atoms with Crippen LogP contribution in [0.1, 0.15) is 75.9 Å². The Hall–Kier alpha value is -5.68. The van der Waals surface area contributed by atoms with Crippen molar-refractivity contribution in [3.63, 3.8) is 0 Å². The minimum atomic E-state index is -2.78. The third kappa shape index (κ3) is 10.4. The molecule has 1 unspecified atom stereocenters. The van der Waals surface area contributed by atoms with Crippen LogP contribution in [0.25, 0.3) is 22.0 Å². The highest BCUT2D eigenvalue weighted by atomic mass is 79.9. The van der Waals surface area contributed by atoms with E-state index in [9.17, 15) is 18.9 Å². The van der Waals surface area contributed by atoms with Crippen molar-refractivity contribution in [1.82, 2.24) is 39.6 Å². The first-order chi connectivity index (χ1) is 33.3. The molecule has 6 heterocycles. The maximum absolute atomic E-state index is 13.7. The Bertz CT molecular complexity index is 2990. The van der Waals surface area contributed by atoms with Gasteiger partial charge in [0.05, 0.1) is 33.5 Å². The summed E-state index contributed by atoms with van der Waals surface area (Å²) in [4.78, 5) is 63.6. The number of fused-ring (bicyclic) bond motifs is 2. The molecule has 364 valence electrons. The standard InChI is InChI=1S/C50H61BrN11O6P/c1-6-31-27-38(56-49-53-30-35(51)47(58-49)55-37-15-14-36-34(46(37)69(4,5)66)29-52-43(7-2)54-36)42(67-8-3)28-41(31)61-21-18-33(19-22-61)60-25-23-59(24-26-60)20-10-12-32-11-9-13-39-45(32)68-50(65)62(39)40-16-17-44(63)57-48(40)64/h9,11,13-15,27-30,33,40H,6-8,10,12,16-26H2,1-5H3,(H,57,63,64)(H2,53,55,56,58). The van der Waals surface area contributed by atoms with E-state index in [4.69, 9.17) is 14.1 Å². The van der Waals surface area contributed by atoms with Crippen LogP contribution in [0.5, 0.6) is 5.75 Å². The van der Waals surface area contributed by atoms with Gasteiger partial charge >= 0.3 is 5.76 Å². The van der Waals surface area contributed by atoms with Crippen molar-refractivity contribution >= 4 is 91.0 Å². The second kappa shape index (κ2) is 20.7. The monoisotopic (exact) mass is 1020 g/mol. The number of ether oxygens (including phenoxy) is 1. The van der Waals surface area contributed by atoms with Crippen molar-refractivity contribution in [3.05, 3.63) is 86.8 Å². The number of piperazine rings is 1. The summed E-state index contributed by atoms with van der Waals surface area (Å²) in [5, 5.41) is 10.7. The molecule has 3 aliphatic rings. The topological polar surface area (TPSA) is 193 Å². The largest absolute Gasteiger partial charge is 0.492 e. The van der Waals surface area contributed by atoms with E-state index in [0.29, 0.717) is 57.4 Å². The third-order valence-electron chi connectivity index (χ3n) is 13.6. The first-order valence-corrected chi connectivity index (χ1v) is 27.6. The van der Waals surface area contributed by atoms with Crippen LogP contribution >= 0.6 is 23.1 Å². The number of hydrogen-bond acceptors (Lipinski definition) is 15. The molecular formula is C50H61BrN11O6P. The molecule has 0 aliphatic carbocycles. The molecule has 0 radical (unpaired) electrons. The Morgan fingerprint density at radius 3 is 2.41 bits per heavy atom. The SMILES string of the molecule is CCOc1cc(N2CCC(N3CCN(CCCc4cccc5c4oc(=O)n5C4CCC(=O)NC4=O)CC3)CC2)c(CC)cc1Nc1ncc(Br)c(Nc2ccc3nc(CC)ncc3c2P(C)(C)=O)n1. The average molecular weight is 1020 g/mol. The van der Waals surface area contributed by atoms with Gasteiger partial charge in [-0.15, -0.1) is 0 Å².